The van der Waals surface area contributed by atoms with Crippen LogP contribution in [0.1, 0.15) is 34.6 Å². The topological polar surface area (TPSA) is 57.2 Å². The lowest BCUT2D eigenvalue weighted by Gasteiger charge is -2.32. The van der Waals surface area contributed by atoms with Crippen LogP contribution in [0.2, 0.25) is 0 Å². The van der Waals surface area contributed by atoms with E-state index in [2.05, 4.69) is 0 Å². The van der Waals surface area contributed by atoms with Crippen molar-refractivity contribution in [3.05, 3.63) is 24.3 Å². The fourth-order valence-electron chi connectivity index (χ4n) is 2.08. The van der Waals surface area contributed by atoms with Crippen molar-refractivity contribution in [3.8, 4) is 5.75 Å². The third-order valence-electron chi connectivity index (χ3n) is 4.12. The fraction of sp³-hybridized carbons (Fsp3) is 0.625. The van der Waals surface area contributed by atoms with Gasteiger partial charge in [-0.1, -0.05) is 12.1 Å². The molecule has 0 spiro atoms. The SMILES string of the molecule is CC(O)OCCOc1ccc(B2OC(C)(C)C(C)(C)O2)cc1. The first-order valence-corrected chi connectivity index (χ1v) is 7.59. The summed E-state index contributed by atoms with van der Waals surface area (Å²) in [7, 11) is -0.363. The largest absolute Gasteiger partial charge is 0.494 e. The first kappa shape index (κ1) is 17.3. The van der Waals surface area contributed by atoms with Gasteiger partial charge in [0.25, 0.3) is 0 Å². The Morgan fingerprint density at radius 2 is 1.59 bits per heavy atom. The van der Waals surface area contributed by atoms with Gasteiger partial charge in [0.1, 0.15) is 12.4 Å². The number of aliphatic hydroxyl groups is 1. The summed E-state index contributed by atoms with van der Waals surface area (Å²) in [5, 5.41) is 8.99. The highest BCUT2D eigenvalue weighted by Crippen LogP contribution is 2.36. The molecular weight excluding hydrogens is 283 g/mol. The van der Waals surface area contributed by atoms with E-state index in [1.54, 1.807) is 6.92 Å². The molecule has 1 fully saturated rings. The van der Waals surface area contributed by atoms with Crippen molar-refractivity contribution in [2.45, 2.75) is 52.1 Å². The average Bonchev–Trinajstić information content (AvgIpc) is 2.64. The second kappa shape index (κ2) is 6.58. The maximum absolute atomic E-state index is 8.99. The summed E-state index contributed by atoms with van der Waals surface area (Å²) < 4.78 is 22.6. The zero-order chi connectivity index (χ0) is 16.4. The molecule has 0 aromatic heterocycles. The van der Waals surface area contributed by atoms with Crippen LogP contribution in [-0.2, 0) is 14.0 Å². The minimum Gasteiger partial charge on any atom is -0.491 e. The molecule has 22 heavy (non-hydrogen) atoms. The van der Waals surface area contributed by atoms with E-state index in [1.165, 1.54) is 0 Å². The van der Waals surface area contributed by atoms with Gasteiger partial charge in [0.05, 0.1) is 17.8 Å². The third kappa shape index (κ3) is 4.01. The van der Waals surface area contributed by atoms with Gasteiger partial charge in [-0.15, -0.1) is 0 Å². The maximum atomic E-state index is 8.99. The summed E-state index contributed by atoms with van der Waals surface area (Å²) in [6.45, 7) is 10.4. The Bertz CT molecular complexity index is 468. The predicted octanol–water partition coefficient (Wildman–Crippen LogP) is 1.72. The fourth-order valence-corrected chi connectivity index (χ4v) is 2.08. The standard InChI is InChI=1S/C16H25BO5/c1-12(18)19-10-11-20-14-8-6-13(7-9-14)17-21-15(2,3)16(4,5)22-17/h6-9,12,18H,10-11H2,1-5H3. The maximum Gasteiger partial charge on any atom is 0.494 e. The number of ether oxygens (including phenoxy) is 2. The van der Waals surface area contributed by atoms with E-state index in [0.717, 1.165) is 11.2 Å². The van der Waals surface area contributed by atoms with Crippen molar-refractivity contribution in [2.75, 3.05) is 13.2 Å². The van der Waals surface area contributed by atoms with Gasteiger partial charge in [-0.25, -0.2) is 0 Å². The molecule has 2 rings (SSSR count). The third-order valence-corrected chi connectivity index (χ3v) is 4.12. The number of benzene rings is 1. The Balaban J connectivity index is 1.90. The van der Waals surface area contributed by atoms with Crippen LogP contribution in [0.4, 0.5) is 0 Å². The average molecular weight is 308 g/mol. The van der Waals surface area contributed by atoms with Crippen molar-refractivity contribution in [1.82, 2.24) is 0 Å². The van der Waals surface area contributed by atoms with Gasteiger partial charge in [-0.3, -0.25) is 0 Å². The molecule has 0 saturated carbocycles. The van der Waals surface area contributed by atoms with Gasteiger partial charge in [0.2, 0.25) is 0 Å². The van der Waals surface area contributed by atoms with E-state index in [0.29, 0.717) is 13.2 Å². The molecule has 5 nitrogen and oxygen atoms in total. The minimum atomic E-state index is -0.769. The van der Waals surface area contributed by atoms with Crippen molar-refractivity contribution in [2.24, 2.45) is 0 Å². The molecular formula is C16H25BO5. The van der Waals surface area contributed by atoms with E-state index in [4.69, 9.17) is 23.9 Å². The van der Waals surface area contributed by atoms with Crippen molar-refractivity contribution in [1.29, 1.82) is 0 Å². The summed E-state index contributed by atoms with van der Waals surface area (Å²) >= 11 is 0. The molecule has 1 aromatic rings. The van der Waals surface area contributed by atoms with Gasteiger partial charge < -0.3 is 23.9 Å². The highest BCUT2D eigenvalue weighted by atomic mass is 16.7. The van der Waals surface area contributed by atoms with Gasteiger partial charge >= 0.3 is 7.12 Å². The normalized spacial score (nSPS) is 20.9. The Morgan fingerprint density at radius 1 is 1.05 bits per heavy atom. The second-order valence-electron chi connectivity index (χ2n) is 6.48. The van der Waals surface area contributed by atoms with E-state index < -0.39 is 6.29 Å². The van der Waals surface area contributed by atoms with E-state index >= 15 is 0 Å². The Hall–Kier alpha value is -1.08. The van der Waals surface area contributed by atoms with Crippen LogP contribution in [-0.4, -0.2) is 42.9 Å². The van der Waals surface area contributed by atoms with Crippen LogP contribution in [0.5, 0.6) is 5.75 Å². The minimum absolute atomic E-state index is 0.342. The van der Waals surface area contributed by atoms with Crippen LogP contribution >= 0.6 is 0 Å². The quantitative estimate of drug-likeness (QED) is 0.493. The van der Waals surface area contributed by atoms with E-state index in [9.17, 15) is 0 Å². The molecule has 1 saturated heterocycles. The van der Waals surface area contributed by atoms with Crippen LogP contribution in [0.15, 0.2) is 24.3 Å². The molecule has 1 unspecified atom stereocenters. The zero-order valence-electron chi connectivity index (χ0n) is 14.0. The first-order chi connectivity index (χ1) is 10.2. The lowest BCUT2D eigenvalue weighted by Crippen LogP contribution is -2.41. The zero-order valence-corrected chi connectivity index (χ0v) is 14.0. The number of hydrogen-bond acceptors (Lipinski definition) is 5. The number of hydrogen-bond donors (Lipinski definition) is 1. The van der Waals surface area contributed by atoms with Gasteiger partial charge in [-0.05, 0) is 52.2 Å². The Kier molecular flexibility index (Phi) is 5.17. The highest BCUT2D eigenvalue weighted by Gasteiger charge is 2.51. The Labute approximate surface area is 132 Å². The summed E-state index contributed by atoms with van der Waals surface area (Å²) in [4.78, 5) is 0. The molecule has 0 radical (unpaired) electrons. The van der Waals surface area contributed by atoms with Gasteiger partial charge in [0, 0.05) is 0 Å². The van der Waals surface area contributed by atoms with E-state index in [1.807, 2.05) is 52.0 Å². The molecule has 6 heteroatoms. The summed E-state index contributed by atoms with van der Waals surface area (Å²) in [5.74, 6) is 0.745. The Morgan fingerprint density at radius 3 is 2.09 bits per heavy atom. The van der Waals surface area contributed by atoms with Crippen molar-refractivity contribution in [3.63, 3.8) is 0 Å². The molecule has 0 aliphatic carbocycles. The van der Waals surface area contributed by atoms with Gasteiger partial charge in [0.15, 0.2) is 6.29 Å². The molecule has 1 heterocycles. The second-order valence-corrected chi connectivity index (χ2v) is 6.48. The first-order valence-electron chi connectivity index (χ1n) is 7.59. The summed E-state index contributed by atoms with van der Waals surface area (Å²) in [6, 6.07) is 7.63. The smallest absolute Gasteiger partial charge is 0.491 e. The molecule has 1 N–H and O–H groups in total. The molecule has 1 aromatic carbocycles. The highest BCUT2D eigenvalue weighted by molar-refractivity contribution is 6.62. The molecule has 1 atom stereocenters. The van der Waals surface area contributed by atoms with Crippen LogP contribution in [0, 0.1) is 0 Å². The van der Waals surface area contributed by atoms with Crippen molar-refractivity contribution >= 4 is 12.6 Å². The van der Waals surface area contributed by atoms with Crippen LogP contribution in [0.3, 0.4) is 0 Å². The van der Waals surface area contributed by atoms with Gasteiger partial charge in [-0.2, -0.15) is 0 Å². The predicted molar refractivity (Wildman–Crippen MR) is 85.3 cm³/mol. The molecule has 1 aliphatic heterocycles. The summed E-state index contributed by atoms with van der Waals surface area (Å²) in [6.07, 6.45) is -0.769. The number of aliphatic hydroxyl groups excluding tert-OH is 1. The molecule has 122 valence electrons. The molecule has 0 amide bonds. The number of rotatable bonds is 6. The van der Waals surface area contributed by atoms with Crippen LogP contribution < -0.4 is 10.2 Å². The van der Waals surface area contributed by atoms with Crippen LogP contribution in [0.25, 0.3) is 0 Å². The van der Waals surface area contributed by atoms with Crippen molar-refractivity contribution < 1.29 is 23.9 Å². The van der Waals surface area contributed by atoms with E-state index in [-0.39, 0.29) is 18.3 Å². The molecule has 0 bridgehead atoms. The summed E-state index contributed by atoms with van der Waals surface area (Å²) in [5.41, 5.74) is 0.280. The monoisotopic (exact) mass is 308 g/mol. The lowest BCUT2D eigenvalue weighted by molar-refractivity contribution is -0.0913. The molecule has 1 aliphatic rings. The lowest BCUT2D eigenvalue weighted by atomic mass is 9.79.